The third kappa shape index (κ3) is 3.51. The van der Waals surface area contributed by atoms with E-state index in [-0.39, 0.29) is 5.41 Å². The first kappa shape index (κ1) is 16.7. The standard InChI is InChI=1S/C23H26O/c1-2-23(17-10-9-15-22(23)24)18-16-21(19-11-5-3-6-12-19)20-13-7-4-8-14-20/h3-8,11-14,16H,2,9-10,15,17-18H2,1H3/t23-/m0/s1. The summed E-state index contributed by atoms with van der Waals surface area (Å²) in [5, 5.41) is 0. The number of benzene rings is 2. The fourth-order valence-electron chi connectivity index (χ4n) is 3.82. The van der Waals surface area contributed by atoms with Gasteiger partial charge in [0.15, 0.2) is 0 Å². The van der Waals surface area contributed by atoms with Gasteiger partial charge < -0.3 is 0 Å². The van der Waals surface area contributed by atoms with Crippen LogP contribution in [0.4, 0.5) is 0 Å². The van der Waals surface area contributed by atoms with Gasteiger partial charge in [0.2, 0.25) is 0 Å². The Labute approximate surface area is 145 Å². The SMILES string of the molecule is CC[C@@]1(CC=C(c2ccccc2)c2ccccc2)CCCCC1=O. The molecule has 1 saturated carbocycles. The first-order chi connectivity index (χ1) is 11.7. The molecule has 0 bridgehead atoms. The van der Waals surface area contributed by atoms with Crippen molar-refractivity contribution in [2.24, 2.45) is 5.41 Å². The molecule has 2 aromatic carbocycles. The Bertz CT molecular complexity index is 658. The Morgan fingerprint density at radius 2 is 1.54 bits per heavy atom. The van der Waals surface area contributed by atoms with Gasteiger partial charge in [0.25, 0.3) is 0 Å². The maximum Gasteiger partial charge on any atom is 0.139 e. The van der Waals surface area contributed by atoms with Crippen LogP contribution in [0.15, 0.2) is 66.7 Å². The molecular weight excluding hydrogens is 292 g/mol. The maximum atomic E-state index is 12.6. The normalized spacial score (nSPS) is 20.6. The van der Waals surface area contributed by atoms with Gasteiger partial charge in [0.05, 0.1) is 0 Å². The molecule has 0 heterocycles. The van der Waals surface area contributed by atoms with Crippen molar-refractivity contribution in [2.45, 2.75) is 45.4 Å². The van der Waals surface area contributed by atoms with Crippen LogP contribution >= 0.6 is 0 Å². The topological polar surface area (TPSA) is 17.1 Å². The number of allylic oxidation sites excluding steroid dienone is 1. The zero-order chi connectivity index (χ0) is 16.8. The first-order valence-corrected chi connectivity index (χ1v) is 9.09. The monoisotopic (exact) mass is 318 g/mol. The van der Waals surface area contributed by atoms with Crippen molar-refractivity contribution in [3.8, 4) is 0 Å². The summed E-state index contributed by atoms with van der Waals surface area (Å²) in [6.45, 7) is 2.17. The van der Waals surface area contributed by atoms with Crippen LogP contribution < -0.4 is 0 Å². The molecule has 1 heteroatoms. The molecule has 0 spiro atoms. The molecule has 0 aromatic heterocycles. The van der Waals surface area contributed by atoms with E-state index in [2.05, 4.69) is 61.5 Å². The Morgan fingerprint density at radius 1 is 0.958 bits per heavy atom. The summed E-state index contributed by atoms with van der Waals surface area (Å²) in [5.41, 5.74) is 3.53. The van der Waals surface area contributed by atoms with Crippen LogP contribution in [0.2, 0.25) is 0 Å². The zero-order valence-corrected chi connectivity index (χ0v) is 14.5. The number of hydrogen-bond donors (Lipinski definition) is 0. The lowest BCUT2D eigenvalue weighted by Gasteiger charge is -2.34. The summed E-state index contributed by atoms with van der Waals surface area (Å²) in [6, 6.07) is 21.0. The predicted octanol–water partition coefficient (Wildman–Crippen LogP) is 6.05. The summed E-state index contributed by atoms with van der Waals surface area (Å²) in [4.78, 5) is 12.6. The molecule has 1 fully saturated rings. The van der Waals surface area contributed by atoms with Crippen molar-refractivity contribution in [1.82, 2.24) is 0 Å². The Balaban J connectivity index is 1.96. The van der Waals surface area contributed by atoms with E-state index in [0.29, 0.717) is 5.78 Å². The third-order valence-corrected chi connectivity index (χ3v) is 5.44. The smallest absolute Gasteiger partial charge is 0.139 e. The molecule has 0 saturated heterocycles. The highest BCUT2D eigenvalue weighted by Crippen LogP contribution is 2.41. The quantitative estimate of drug-likeness (QED) is 0.656. The molecule has 124 valence electrons. The van der Waals surface area contributed by atoms with Gasteiger partial charge in [-0.3, -0.25) is 4.79 Å². The number of carbonyl (C=O) groups excluding carboxylic acids is 1. The lowest BCUT2D eigenvalue weighted by atomic mass is 9.68. The number of ketones is 1. The summed E-state index contributed by atoms with van der Waals surface area (Å²) < 4.78 is 0. The lowest BCUT2D eigenvalue weighted by molar-refractivity contribution is -0.131. The van der Waals surface area contributed by atoms with Gasteiger partial charge in [-0.1, -0.05) is 80.1 Å². The number of Topliss-reactive ketones (excluding diaryl/α,β-unsaturated/α-hetero) is 1. The van der Waals surface area contributed by atoms with Gasteiger partial charge >= 0.3 is 0 Å². The van der Waals surface area contributed by atoms with Gasteiger partial charge in [0, 0.05) is 11.8 Å². The Morgan fingerprint density at radius 3 is 2.04 bits per heavy atom. The van der Waals surface area contributed by atoms with E-state index in [4.69, 9.17) is 0 Å². The van der Waals surface area contributed by atoms with Crippen LogP contribution in [0.3, 0.4) is 0 Å². The molecule has 0 amide bonds. The summed E-state index contributed by atoms with van der Waals surface area (Å²) >= 11 is 0. The van der Waals surface area contributed by atoms with Gasteiger partial charge in [0.1, 0.15) is 5.78 Å². The number of hydrogen-bond acceptors (Lipinski definition) is 1. The van der Waals surface area contributed by atoms with Crippen molar-refractivity contribution >= 4 is 11.4 Å². The molecule has 0 unspecified atom stereocenters. The van der Waals surface area contributed by atoms with Crippen molar-refractivity contribution in [1.29, 1.82) is 0 Å². The highest BCUT2D eigenvalue weighted by atomic mass is 16.1. The second-order valence-electron chi connectivity index (χ2n) is 6.82. The minimum Gasteiger partial charge on any atom is -0.299 e. The van der Waals surface area contributed by atoms with Crippen LogP contribution in [0, 0.1) is 5.41 Å². The van der Waals surface area contributed by atoms with E-state index in [1.165, 1.54) is 23.1 Å². The van der Waals surface area contributed by atoms with E-state index in [1.54, 1.807) is 0 Å². The minimum absolute atomic E-state index is 0.146. The second kappa shape index (κ2) is 7.61. The molecule has 3 rings (SSSR count). The van der Waals surface area contributed by atoms with Crippen LogP contribution in [0.1, 0.15) is 56.6 Å². The van der Waals surface area contributed by atoms with E-state index in [1.807, 2.05) is 12.1 Å². The Kier molecular flexibility index (Phi) is 5.30. The van der Waals surface area contributed by atoms with Crippen molar-refractivity contribution in [3.63, 3.8) is 0 Å². The zero-order valence-electron chi connectivity index (χ0n) is 14.5. The van der Waals surface area contributed by atoms with Crippen LogP contribution in [0.5, 0.6) is 0 Å². The first-order valence-electron chi connectivity index (χ1n) is 9.09. The van der Waals surface area contributed by atoms with Crippen molar-refractivity contribution in [3.05, 3.63) is 77.9 Å². The van der Waals surface area contributed by atoms with E-state index >= 15 is 0 Å². The van der Waals surface area contributed by atoms with Crippen LogP contribution in [-0.4, -0.2) is 5.78 Å². The highest BCUT2D eigenvalue weighted by Gasteiger charge is 2.37. The fourth-order valence-corrected chi connectivity index (χ4v) is 3.82. The lowest BCUT2D eigenvalue weighted by Crippen LogP contribution is -2.33. The fraction of sp³-hybridized carbons (Fsp3) is 0.348. The highest BCUT2D eigenvalue weighted by molar-refractivity contribution is 5.86. The Hall–Kier alpha value is -2.15. The van der Waals surface area contributed by atoms with Gasteiger partial charge in [-0.05, 0) is 42.4 Å². The van der Waals surface area contributed by atoms with E-state index in [0.717, 1.165) is 32.1 Å². The van der Waals surface area contributed by atoms with Gasteiger partial charge in [-0.15, -0.1) is 0 Å². The van der Waals surface area contributed by atoms with Gasteiger partial charge in [-0.25, -0.2) is 0 Å². The van der Waals surface area contributed by atoms with Crippen molar-refractivity contribution in [2.75, 3.05) is 0 Å². The summed E-state index contributed by atoms with van der Waals surface area (Å²) in [5.74, 6) is 0.466. The average Bonchev–Trinajstić information content (AvgIpc) is 2.65. The molecule has 0 N–H and O–H groups in total. The van der Waals surface area contributed by atoms with Crippen LogP contribution in [-0.2, 0) is 4.79 Å². The summed E-state index contributed by atoms with van der Waals surface area (Å²) in [7, 11) is 0. The minimum atomic E-state index is -0.146. The molecule has 0 aliphatic heterocycles. The molecule has 1 nitrogen and oxygen atoms in total. The number of rotatable bonds is 5. The maximum absolute atomic E-state index is 12.6. The molecule has 2 aromatic rings. The van der Waals surface area contributed by atoms with Crippen LogP contribution in [0.25, 0.3) is 5.57 Å². The van der Waals surface area contributed by atoms with Crippen molar-refractivity contribution < 1.29 is 4.79 Å². The molecule has 1 aliphatic carbocycles. The molecule has 0 radical (unpaired) electrons. The third-order valence-electron chi connectivity index (χ3n) is 5.44. The average molecular weight is 318 g/mol. The molecular formula is C23H26O. The second-order valence-corrected chi connectivity index (χ2v) is 6.82. The van der Waals surface area contributed by atoms with Gasteiger partial charge in [-0.2, -0.15) is 0 Å². The largest absolute Gasteiger partial charge is 0.299 e. The summed E-state index contributed by atoms with van der Waals surface area (Å²) in [6.07, 6.45) is 8.13. The predicted molar refractivity (Wildman–Crippen MR) is 101 cm³/mol. The van der Waals surface area contributed by atoms with E-state index in [9.17, 15) is 4.79 Å². The molecule has 1 atom stereocenters. The number of carbonyl (C=O) groups is 1. The molecule has 1 aliphatic rings. The molecule has 24 heavy (non-hydrogen) atoms. The van der Waals surface area contributed by atoms with E-state index < -0.39 is 0 Å².